The lowest BCUT2D eigenvalue weighted by Crippen LogP contribution is -2.50. The van der Waals surface area contributed by atoms with E-state index in [2.05, 4.69) is 10.6 Å². The third kappa shape index (κ3) is 7.79. The maximum atomic E-state index is 11.5. The number of carboxylic acid groups (broad SMARTS) is 2. The van der Waals surface area contributed by atoms with Crippen LogP contribution in [0.15, 0.2) is 0 Å². The summed E-state index contributed by atoms with van der Waals surface area (Å²) in [5.74, 6) is -5.01. The normalized spacial score (nSPS) is 12.6. The van der Waals surface area contributed by atoms with E-state index in [1.807, 2.05) is 5.32 Å². The Morgan fingerprint density at radius 3 is 2.09 bits per heavy atom. The molecule has 0 bridgehead atoms. The number of aliphatic carboxylic acids is 2. The lowest BCUT2D eigenvalue weighted by Gasteiger charge is -2.15. The molecule has 0 aromatic carbocycles. The number of nitrogens with one attached hydrogen (secondary N) is 3. The van der Waals surface area contributed by atoms with E-state index >= 15 is 0 Å². The molecule has 0 saturated carbocycles. The van der Waals surface area contributed by atoms with Gasteiger partial charge < -0.3 is 31.9 Å². The molecule has 0 rings (SSSR count). The Labute approximate surface area is 125 Å². The van der Waals surface area contributed by atoms with Crippen LogP contribution in [-0.4, -0.2) is 65.0 Å². The first kappa shape index (κ1) is 19.3. The lowest BCUT2D eigenvalue weighted by molar-refractivity contribution is -0.147. The highest BCUT2D eigenvalue weighted by Crippen LogP contribution is 1.92. The average molecular weight is 318 g/mol. The lowest BCUT2D eigenvalue weighted by atomic mass is 10.2. The molecule has 3 amide bonds. The quantitative estimate of drug-likeness (QED) is 0.254. The number of hydrogen-bond donors (Lipinski definition) is 6. The van der Waals surface area contributed by atoms with Gasteiger partial charge in [-0.05, 0) is 6.92 Å². The second kappa shape index (κ2) is 9.28. The maximum absolute atomic E-state index is 11.5. The highest BCUT2D eigenvalue weighted by Gasteiger charge is 2.23. The summed E-state index contributed by atoms with van der Waals surface area (Å²) in [4.78, 5) is 55.2. The Morgan fingerprint density at radius 1 is 1.05 bits per heavy atom. The number of carbonyl (C=O) groups is 5. The van der Waals surface area contributed by atoms with Crippen molar-refractivity contribution in [1.29, 1.82) is 0 Å². The van der Waals surface area contributed by atoms with Gasteiger partial charge in [0.2, 0.25) is 17.7 Å². The molecule has 2 atom stereocenters. The van der Waals surface area contributed by atoms with E-state index in [9.17, 15) is 24.0 Å². The molecule has 0 spiro atoms. The van der Waals surface area contributed by atoms with Crippen molar-refractivity contribution < 1.29 is 34.2 Å². The van der Waals surface area contributed by atoms with Gasteiger partial charge in [0.1, 0.15) is 12.1 Å². The summed E-state index contributed by atoms with van der Waals surface area (Å²) in [6.07, 6.45) is -0.794. The molecule has 7 N–H and O–H groups in total. The van der Waals surface area contributed by atoms with Crippen molar-refractivity contribution in [3.8, 4) is 0 Å². The zero-order valence-corrected chi connectivity index (χ0v) is 11.8. The highest BCUT2D eigenvalue weighted by atomic mass is 16.4. The minimum atomic E-state index is -1.60. The summed E-state index contributed by atoms with van der Waals surface area (Å²) < 4.78 is 0. The monoisotopic (exact) mass is 318 g/mol. The molecule has 11 nitrogen and oxygen atoms in total. The summed E-state index contributed by atoms with van der Waals surface area (Å²) >= 11 is 0. The molecule has 11 heteroatoms. The van der Waals surface area contributed by atoms with Gasteiger partial charge in [-0.3, -0.25) is 19.2 Å². The number of carboxylic acids is 2. The molecule has 124 valence electrons. The third-order valence-corrected chi connectivity index (χ3v) is 2.39. The molecular weight excluding hydrogens is 300 g/mol. The fraction of sp³-hybridized carbons (Fsp3) is 0.545. The van der Waals surface area contributed by atoms with Crippen LogP contribution < -0.4 is 21.7 Å². The van der Waals surface area contributed by atoms with Crippen molar-refractivity contribution in [2.24, 2.45) is 5.73 Å². The molecule has 0 radical (unpaired) electrons. The molecule has 0 aliphatic carbocycles. The van der Waals surface area contributed by atoms with E-state index in [0.717, 1.165) is 0 Å². The van der Waals surface area contributed by atoms with Gasteiger partial charge in [-0.2, -0.15) is 0 Å². The van der Waals surface area contributed by atoms with Crippen molar-refractivity contribution in [3.63, 3.8) is 0 Å². The maximum Gasteiger partial charge on any atom is 0.326 e. The van der Waals surface area contributed by atoms with Crippen molar-refractivity contribution in [2.45, 2.75) is 25.4 Å². The van der Waals surface area contributed by atoms with Crippen LogP contribution in [0.1, 0.15) is 13.3 Å². The van der Waals surface area contributed by atoms with Crippen LogP contribution in [0.2, 0.25) is 0 Å². The van der Waals surface area contributed by atoms with Crippen LogP contribution in [0, 0.1) is 0 Å². The number of rotatable bonds is 9. The fourth-order valence-electron chi connectivity index (χ4n) is 1.31. The minimum absolute atomic E-state index is 0.298. The first-order valence-corrected chi connectivity index (χ1v) is 6.18. The molecule has 0 fully saturated rings. The van der Waals surface area contributed by atoms with Crippen LogP contribution >= 0.6 is 0 Å². The Morgan fingerprint density at radius 2 is 1.64 bits per heavy atom. The summed E-state index contributed by atoms with van der Waals surface area (Å²) in [6, 6.07) is -2.53. The van der Waals surface area contributed by atoms with Gasteiger partial charge in [0.25, 0.3) is 0 Å². The fourth-order valence-corrected chi connectivity index (χ4v) is 1.31. The molecule has 2 unspecified atom stereocenters. The van der Waals surface area contributed by atoms with Gasteiger partial charge in [-0.15, -0.1) is 0 Å². The Balaban J connectivity index is 4.31. The zero-order valence-electron chi connectivity index (χ0n) is 11.8. The standard InChI is InChI=1S/C11H18N4O7/c1-5(14-7(16)3-12)10(20)13-4-8(17)15-6(11(21)22)2-9(18)19/h5-6H,2-4,12H2,1H3,(H,13,20)(H,14,16)(H,15,17)(H,18,19)(H,21,22). The van der Waals surface area contributed by atoms with Gasteiger partial charge in [0.15, 0.2) is 0 Å². The topological polar surface area (TPSA) is 188 Å². The van der Waals surface area contributed by atoms with Crippen molar-refractivity contribution in [1.82, 2.24) is 16.0 Å². The van der Waals surface area contributed by atoms with Gasteiger partial charge in [0, 0.05) is 0 Å². The average Bonchev–Trinajstić information content (AvgIpc) is 2.42. The Hall–Kier alpha value is -2.69. The van der Waals surface area contributed by atoms with Gasteiger partial charge in [-0.1, -0.05) is 0 Å². The van der Waals surface area contributed by atoms with E-state index in [-0.39, 0.29) is 6.54 Å². The molecular formula is C11H18N4O7. The number of nitrogens with two attached hydrogens (primary N) is 1. The van der Waals surface area contributed by atoms with E-state index in [0.29, 0.717) is 0 Å². The predicted octanol–water partition coefficient (Wildman–Crippen LogP) is -3.39. The van der Waals surface area contributed by atoms with E-state index in [1.165, 1.54) is 6.92 Å². The zero-order chi connectivity index (χ0) is 17.3. The predicted molar refractivity (Wildman–Crippen MR) is 71.5 cm³/mol. The van der Waals surface area contributed by atoms with E-state index < -0.39 is 54.7 Å². The molecule has 0 aliphatic rings. The van der Waals surface area contributed by atoms with Crippen molar-refractivity contribution in [3.05, 3.63) is 0 Å². The van der Waals surface area contributed by atoms with Gasteiger partial charge in [0.05, 0.1) is 19.5 Å². The first-order valence-electron chi connectivity index (χ1n) is 6.18. The Bertz CT molecular complexity index is 465. The van der Waals surface area contributed by atoms with Gasteiger partial charge >= 0.3 is 11.9 Å². The number of carbonyl (C=O) groups excluding carboxylic acids is 3. The largest absolute Gasteiger partial charge is 0.481 e. The van der Waals surface area contributed by atoms with Crippen LogP contribution in [0.3, 0.4) is 0 Å². The van der Waals surface area contributed by atoms with Gasteiger partial charge in [-0.25, -0.2) is 4.79 Å². The molecule has 0 aromatic rings. The van der Waals surface area contributed by atoms with Crippen LogP contribution in [0.5, 0.6) is 0 Å². The molecule has 22 heavy (non-hydrogen) atoms. The van der Waals surface area contributed by atoms with Crippen molar-refractivity contribution >= 4 is 29.7 Å². The number of amides is 3. The van der Waals surface area contributed by atoms with Crippen LogP contribution in [0.25, 0.3) is 0 Å². The molecule has 0 saturated heterocycles. The van der Waals surface area contributed by atoms with E-state index in [4.69, 9.17) is 15.9 Å². The molecule has 0 heterocycles. The molecule has 0 aromatic heterocycles. The highest BCUT2D eigenvalue weighted by molar-refractivity contribution is 5.92. The number of hydrogen-bond acceptors (Lipinski definition) is 6. The SMILES string of the molecule is CC(NC(=O)CN)C(=O)NCC(=O)NC(CC(=O)O)C(=O)O. The third-order valence-electron chi connectivity index (χ3n) is 2.39. The second-order valence-electron chi connectivity index (χ2n) is 4.27. The van der Waals surface area contributed by atoms with Crippen LogP contribution in [0.4, 0.5) is 0 Å². The summed E-state index contributed by atoms with van der Waals surface area (Å²) in [5, 5.41) is 23.6. The molecule has 0 aliphatic heterocycles. The Kier molecular flexibility index (Phi) is 8.15. The van der Waals surface area contributed by atoms with Crippen molar-refractivity contribution in [2.75, 3.05) is 13.1 Å². The smallest absolute Gasteiger partial charge is 0.326 e. The first-order chi connectivity index (χ1) is 10.2. The van der Waals surface area contributed by atoms with E-state index in [1.54, 1.807) is 0 Å². The van der Waals surface area contributed by atoms with Crippen LogP contribution in [-0.2, 0) is 24.0 Å². The second-order valence-corrected chi connectivity index (χ2v) is 4.27. The summed E-state index contributed by atoms with van der Waals surface area (Å²) in [7, 11) is 0. The summed E-state index contributed by atoms with van der Waals surface area (Å²) in [6.45, 7) is 0.504. The summed E-state index contributed by atoms with van der Waals surface area (Å²) in [5.41, 5.74) is 5.05. The minimum Gasteiger partial charge on any atom is -0.481 e.